The standard InChI is InChI=1S/C24H22N4O3/c1-16(25-23(29)15-21-20-9-5-6-10-22(20)31-28-21)17-11-13-19(14-12-17)27-24(30)26-18-7-3-2-4-8-18/h2-14,16H,15H2,1H3,(H,25,29)(H2,26,27,30). The summed E-state index contributed by atoms with van der Waals surface area (Å²) < 4.78 is 5.25. The van der Waals surface area contributed by atoms with E-state index in [0.29, 0.717) is 22.7 Å². The second-order valence-corrected chi connectivity index (χ2v) is 7.16. The van der Waals surface area contributed by atoms with Crippen molar-refractivity contribution in [3.05, 3.63) is 90.1 Å². The Hall–Kier alpha value is -4.13. The molecular formula is C24H22N4O3. The molecule has 0 fully saturated rings. The first-order valence-corrected chi connectivity index (χ1v) is 9.94. The van der Waals surface area contributed by atoms with Crippen molar-refractivity contribution in [3.63, 3.8) is 0 Å². The molecule has 7 nitrogen and oxygen atoms in total. The lowest BCUT2D eigenvalue weighted by atomic mass is 10.1. The molecular weight excluding hydrogens is 392 g/mol. The topological polar surface area (TPSA) is 96.3 Å². The second-order valence-electron chi connectivity index (χ2n) is 7.16. The number of nitrogens with zero attached hydrogens (tertiary/aromatic N) is 1. The molecule has 1 atom stereocenters. The van der Waals surface area contributed by atoms with E-state index < -0.39 is 0 Å². The molecule has 31 heavy (non-hydrogen) atoms. The lowest BCUT2D eigenvalue weighted by Crippen LogP contribution is -2.28. The number of aromatic nitrogens is 1. The molecule has 4 rings (SSSR count). The third-order valence-corrected chi connectivity index (χ3v) is 4.86. The van der Waals surface area contributed by atoms with E-state index in [4.69, 9.17) is 4.52 Å². The molecule has 0 spiro atoms. The molecule has 1 aromatic heterocycles. The highest BCUT2D eigenvalue weighted by molar-refractivity contribution is 5.99. The van der Waals surface area contributed by atoms with E-state index in [1.165, 1.54) is 0 Å². The summed E-state index contributed by atoms with van der Waals surface area (Å²) in [5.41, 5.74) is 3.58. The van der Waals surface area contributed by atoms with Gasteiger partial charge in [0.2, 0.25) is 5.91 Å². The Balaban J connectivity index is 1.32. The van der Waals surface area contributed by atoms with Gasteiger partial charge in [0.15, 0.2) is 5.58 Å². The third kappa shape index (κ3) is 5.08. The summed E-state index contributed by atoms with van der Waals surface area (Å²) in [6.45, 7) is 1.91. The number of amides is 3. The highest BCUT2D eigenvalue weighted by atomic mass is 16.5. The maximum Gasteiger partial charge on any atom is 0.323 e. The van der Waals surface area contributed by atoms with E-state index in [-0.39, 0.29) is 24.4 Å². The number of nitrogens with one attached hydrogen (secondary N) is 3. The van der Waals surface area contributed by atoms with Gasteiger partial charge in [0.25, 0.3) is 0 Å². The number of rotatable bonds is 6. The van der Waals surface area contributed by atoms with Crippen molar-refractivity contribution < 1.29 is 14.1 Å². The first kappa shape index (κ1) is 20.2. The fourth-order valence-electron chi connectivity index (χ4n) is 3.26. The van der Waals surface area contributed by atoms with E-state index in [2.05, 4.69) is 21.1 Å². The lowest BCUT2D eigenvalue weighted by molar-refractivity contribution is -0.121. The van der Waals surface area contributed by atoms with E-state index in [9.17, 15) is 9.59 Å². The van der Waals surface area contributed by atoms with Crippen LogP contribution < -0.4 is 16.0 Å². The molecule has 1 heterocycles. The zero-order valence-corrected chi connectivity index (χ0v) is 17.0. The van der Waals surface area contributed by atoms with Crippen molar-refractivity contribution in [2.24, 2.45) is 0 Å². The van der Waals surface area contributed by atoms with Gasteiger partial charge in [0, 0.05) is 16.8 Å². The van der Waals surface area contributed by atoms with Gasteiger partial charge in [-0.1, -0.05) is 47.6 Å². The normalized spacial score (nSPS) is 11.6. The molecule has 0 saturated heterocycles. The summed E-state index contributed by atoms with van der Waals surface area (Å²) in [5.74, 6) is -0.143. The highest BCUT2D eigenvalue weighted by Gasteiger charge is 2.15. The predicted octanol–water partition coefficient (Wildman–Crippen LogP) is 4.89. The van der Waals surface area contributed by atoms with Crippen molar-refractivity contribution in [2.45, 2.75) is 19.4 Å². The zero-order valence-electron chi connectivity index (χ0n) is 17.0. The smallest absolute Gasteiger partial charge is 0.323 e. The van der Waals surface area contributed by atoms with Gasteiger partial charge in [-0.2, -0.15) is 0 Å². The van der Waals surface area contributed by atoms with Crippen molar-refractivity contribution in [2.75, 3.05) is 10.6 Å². The Morgan fingerprint density at radius 2 is 1.52 bits per heavy atom. The van der Waals surface area contributed by atoms with Crippen molar-refractivity contribution >= 4 is 34.3 Å². The van der Waals surface area contributed by atoms with Gasteiger partial charge in [-0.05, 0) is 48.9 Å². The van der Waals surface area contributed by atoms with Crippen LogP contribution in [0.5, 0.6) is 0 Å². The number of para-hydroxylation sites is 2. The first-order chi connectivity index (χ1) is 15.1. The van der Waals surface area contributed by atoms with Crippen LogP contribution in [-0.2, 0) is 11.2 Å². The molecule has 0 aliphatic rings. The number of carbonyl (C=O) groups is 2. The van der Waals surface area contributed by atoms with Gasteiger partial charge in [-0.3, -0.25) is 4.79 Å². The van der Waals surface area contributed by atoms with E-state index in [0.717, 1.165) is 10.9 Å². The second kappa shape index (κ2) is 9.13. The van der Waals surface area contributed by atoms with Crippen molar-refractivity contribution in [1.82, 2.24) is 10.5 Å². The molecule has 0 aliphatic carbocycles. The summed E-state index contributed by atoms with van der Waals surface area (Å²) in [4.78, 5) is 24.6. The van der Waals surface area contributed by atoms with Crippen LogP contribution in [0.4, 0.5) is 16.2 Å². The van der Waals surface area contributed by atoms with E-state index in [1.54, 1.807) is 12.1 Å². The van der Waals surface area contributed by atoms with Crippen LogP contribution in [0.3, 0.4) is 0 Å². The maximum absolute atomic E-state index is 12.5. The number of carbonyl (C=O) groups excluding carboxylic acids is 2. The Bertz CT molecular complexity index is 1190. The van der Waals surface area contributed by atoms with Crippen LogP contribution in [0, 0.1) is 0 Å². The van der Waals surface area contributed by atoms with Gasteiger partial charge in [0.05, 0.1) is 12.5 Å². The van der Waals surface area contributed by atoms with Crippen molar-refractivity contribution in [1.29, 1.82) is 0 Å². The van der Waals surface area contributed by atoms with Crippen LogP contribution in [0.15, 0.2) is 83.4 Å². The largest absolute Gasteiger partial charge is 0.356 e. The molecule has 0 bridgehead atoms. The Kier molecular flexibility index (Phi) is 5.93. The number of fused-ring (bicyclic) bond motifs is 1. The molecule has 3 aromatic carbocycles. The number of hydrogen-bond acceptors (Lipinski definition) is 4. The van der Waals surface area contributed by atoms with Crippen LogP contribution in [0.25, 0.3) is 11.0 Å². The molecule has 1 unspecified atom stereocenters. The van der Waals surface area contributed by atoms with Crippen molar-refractivity contribution in [3.8, 4) is 0 Å². The minimum Gasteiger partial charge on any atom is -0.356 e. The van der Waals surface area contributed by atoms with Crippen LogP contribution >= 0.6 is 0 Å². The summed E-state index contributed by atoms with van der Waals surface area (Å²) >= 11 is 0. The predicted molar refractivity (Wildman–Crippen MR) is 120 cm³/mol. The molecule has 0 aliphatic heterocycles. The van der Waals surface area contributed by atoms with Crippen LogP contribution in [0.1, 0.15) is 24.2 Å². The minimum atomic E-state index is -0.319. The van der Waals surface area contributed by atoms with E-state index in [1.807, 2.05) is 73.7 Å². The zero-order chi connectivity index (χ0) is 21.6. The average Bonchev–Trinajstić information content (AvgIpc) is 3.17. The van der Waals surface area contributed by atoms with Crippen LogP contribution in [0.2, 0.25) is 0 Å². The quantitative estimate of drug-likeness (QED) is 0.418. The first-order valence-electron chi connectivity index (χ1n) is 9.94. The monoisotopic (exact) mass is 414 g/mol. The fourth-order valence-corrected chi connectivity index (χ4v) is 3.26. The fraction of sp³-hybridized carbons (Fsp3) is 0.125. The Labute approximate surface area is 179 Å². The van der Waals surface area contributed by atoms with Crippen LogP contribution in [-0.4, -0.2) is 17.1 Å². The molecule has 4 aromatic rings. The highest BCUT2D eigenvalue weighted by Crippen LogP contribution is 2.20. The van der Waals surface area contributed by atoms with Gasteiger partial charge >= 0.3 is 6.03 Å². The maximum atomic E-state index is 12.5. The summed E-state index contributed by atoms with van der Waals surface area (Å²) in [6, 6.07) is 23.5. The number of benzene rings is 3. The molecule has 156 valence electrons. The average molecular weight is 414 g/mol. The number of hydrogen-bond donors (Lipinski definition) is 3. The summed E-state index contributed by atoms with van der Waals surface area (Å²) in [6.07, 6.45) is 0.140. The summed E-state index contributed by atoms with van der Waals surface area (Å²) in [7, 11) is 0. The van der Waals surface area contributed by atoms with E-state index >= 15 is 0 Å². The molecule has 0 radical (unpaired) electrons. The molecule has 3 amide bonds. The van der Waals surface area contributed by atoms with Gasteiger partial charge < -0.3 is 20.5 Å². The minimum absolute atomic E-state index is 0.140. The van der Waals surface area contributed by atoms with Gasteiger partial charge in [0.1, 0.15) is 5.69 Å². The molecule has 3 N–H and O–H groups in total. The van der Waals surface area contributed by atoms with Gasteiger partial charge in [-0.25, -0.2) is 4.79 Å². The number of anilines is 2. The Morgan fingerprint density at radius 1 is 0.871 bits per heavy atom. The van der Waals surface area contributed by atoms with Gasteiger partial charge in [-0.15, -0.1) is 0 Å². The SMILES string of the molecule is CC(NC(=O)Cc1noc2ccccc12)c1ccc(NC(=O)Nc2ccccc2)cc1. The molecule has 0 saturated carbocycles. The lowest BCUT2D eigenvalue weighted by Gasteiger charge is -2.15. The summed E-state index contributed by atoms with van der Waals surface area (Å²) in [5, 5.41) is 13.4. The third-order valence-electron chi connectivity index (χ3n) is 4.86. The molecule has 7 heteroatoms. The number of urea groups is 1. The Morgan fingerprint density at radius 3 is 2.26 bits per heavy atom.